The van der Waals surface area contributed by atoms with Crippen molar-refractivity contribution >= 4 is 11.8 Å². The lowest BCUT2D eigenvalue weighted by molar-refractivity contribution is -0.125. The SMILES string of the molecule is O=C(COc1ccc(F)cc1)N[C@@H]1CCN(C(=O)c2ccccn2)C[C@H]1O. The van der Waals surface area contributed by atoms with Crippen molar-refractivity contribution in [3.05, 3.63) is 60.2 Å². The number of aliphatic hydroxyl groups excluding tert-OH is 1. The van der Waals surface area contributed by atoms with Crippen LogP contribution in [0.1, 0.15) is 16.9 Å². The van der Waals surface area contributed by atoms with Crippen LogP contribution in [0.15, 0.2) is 48.7 Å². The topological polar surface area (TPSA) is 91.8 Å². The van der Waals surface area contributed by atoms with Gasteiger partial charge in [0.2, 0.25) is 0 Å². The van der Waals surface area contributed by atoms with Gasteiger partial charge in [-0.15, -0.1) is 0 Å². The molecule has 8 heteroatoms. The summed E-state index contributed by atoms with van der Waals surface area (Å²) < 4.78 is 18.1. The van der Waals surface area contributed by atoms with E-state index in [1.54, 1.807) is 18.2 Å². The highest BCUT2D eigenvalue weighted by Crippen LogP contribution is 2.14. The molecule has 1 fully saturated rings. The number of pyridine rings is 1. The molecule has 0 unspecified atom stereocenters. The van der Waals surface area contributed by atoms with Crippen LogP contribution in [0.4, 0.5) is 4.39 Å². The van der Waals surface area contributed by atoms with Crippen molar-refractivity contribution < 1.29 is 23.8 Å². The van der Waals surface area contributed by atoms with Gasteiger partial charge in [-0.3, -0.25) is 14.6 Å². The van der Waals surface area contributed by atoms with Crippen molar-refractivity contribution in [3.63, 3.8) is 0 Å². The molecule has 1 saturated heterocycles. The Morgan fingerprint density at radius 1 is 1.26 bits per heavy atom. The van der Waals surface area contributed by atoms with Gasteiger partial charge in [-0.1, -0.05) is 6.07 Å². The van der Waals surface area contributed by atoms with E-state index < -0.39 is 18.1 Å². The molecule has 0 radical (unpaired) electrons. The Morgan fingerprint density at radius 2 is 2.04 bits per heavy atom. The van der Waals surface area contributed by atoms with Crippen LogP contribution in [0.5, 0.6) is 5.75 Å². The number of β-amino-alcohol motifs (C(OH)–C–C–N with tert-alkyl or cyclic N) is 1. The maximum Gasteiger partial charge on any atom is 0.272 e. The lowest BCUT2D eigenvalue weighted by atomic mass is 10.0. The van der Waals surface area contributed by atoms with Gasteiger partial charge in [-0.25, -0.2) is 4.39 Å². The Hall–Kier alpha value is -3.00. The van der Waals surface area contributed by atoms with Crippen LogP contribution in [-0.2, 0) is 4.79 Å². The molecular weight excluding hydrogens is 353 g/mol. The molecule has 0 saturated carbocycles. The average molecular weight is 373 g/mol. The summed E-state index contributed by atoms with van der Waals surface area (Å²) in [5, 5.41) is 13.0. The molecule has 1 aliphatic heterocycles. The van der Waals surface area contributed by atoms with Crippen molar-refractivity contribution in [2.45, 2.75) is 18.6 Å². The first-order valence-electron chi connectivity index (χ1n) is 8.59. The zero-order valence-corrected chi connectivity index (χ0v) is 14.5. The van der Waals surface area contributed by atoms with E-state index in [1.165, 1.54) is 35.4 Å². The first-order chi connectivity index (χ1) is 13.0. The number of benzene rings is 1. The second-order valence-corrected chi connectivity index (χ2v) is 6.24. The monoisotopic (exact) mass is 373 g/mol. The molecule has 2 N–H and O–H groups in total. The van der Waals surface area contributed by atoms with E-state index in [0.717, 1.165) is 0 Å². The van der Waals surface area contributed by atoms with Crippen molar-refractivity contribution in [1.82, 2.24) is 15.2 Å². The number of hydrogen-bond acceptors (Lipinski definition) is 5. The predicted molar refractivity (Wildman–Crippen MR) is 94.6 cm³/mol. The van der Waals surface area contributed by atoms with Crippen LogP contribution in [0, 0.1) is 5.82 Å². The third-order valence-corrected chi connectivity index (χ3v) is 4.28. The number of aliphatic hydroxyl groups is 1. The van der Waals surface area contributed by atoms with Crippen LogP contribution in [0.3, 0.4) is 0 Å². The molecule has 2 atom stereocenters. The molecule has 1 aliphatic rings. The van der Waals surface area contributed by atoms with E-state index in [1.807, 2.05) is 0 Å². The number of hydrogen-bond donors (Lipinski definition) is 2. The van der Waals surface area contributed by atoms with Crippen molar-refractivity contribution in [2.24, 2.45) is 0 Å². The summed E-state index contributed by atoms with van der Waals surface area (Å²) in [7, 11) is 0. The van der Waals surface area contributed by atoms with Gasteiger partial charge in [0, 0.05) is 19.3 Å². The van der Waals surface area contributed by atoms with Crippen LogP contribution >= 0.6 is 0 Å². The average Bonchev–Trinajstić information content (AvgIpc) is 2.69. The lowest BCUT2D eigenvalue weighted by Crippen LogP contribution is -2.56. The maximum absolute atomic E-state index is 12.8. The Balaban J connectivity index is 1.47. The van der Waals surface area contributed by atoms with E-state index in [9.17, 15) is 19.1 Å². The van der Waals surface area contributed by atoms with Gasteiger partial charge in [-0.05, 0) is 42.8 Å². The van der Waals surface area contributed by atoms with Crippen molar-refractivity contribution in [1.29, 1.82) is 0 Å². The summed E-state index contributed by atoms with van der Waals surface area (Å²) in [5.74, 6) is -0.656. The second kappa shape index (κ2) is 8.59. The smallest absolute Gasteiger partial charge is 0.272 e. The quantitative estimate of drug-likeness (QED) is 0.816. The van der Waals surface area contributed by atoms with Crippen LogP contribution in [0.2, 0.25) is 0 Å². The normalized spacial score (nSPS) is 19.4. The fourth-order valence-electron chi connectivity index (χ4n) is 2.86. The van der Waals surface area contributed by atoms with E-state index in [0.29, 0.717) is 24.4 Å². The molecule has 142 valence electrons. The molecule has 1 aromatic heterocycles. The van der Waals surface area contributed by atoms with Crippen molar-refractivity contribution in [3.8, 4) is 5.75 Å². The minimum absolute atomic E-state index is 0.110. The third kappa shape index (κ3) is 5.01. The lowest BCUT2D eigenvalue weighted by Gasteiger charge is -2.36. The van der Waals surface area contributed by atoms with E-state index >= 15 is 0 Å². The number of aromatic nitrogens is 1. The Morgan fingerprint density at radius 3 is 2.70 bits per heavy atom. The number of carbonyl (C=O) groups excluding carboxylic acids is 2. The largest absolute Gasteiger partial charge is 0.484 e. The molecule has 2 amide bonds. The Labute approximate surface area is 155 Å². The molecular formula is C19H20FN3O4. The number of nitrogens with one attached hydrogen (secondary N) is 1. The molecule has 1 aromatic carbocycles. The fraction of sp³-hybridized carbons (Fsp3) is 0.316. The van der Waals surface area contributed by atoms with Crippen LogP contribution in [-0.4, -0.2) is 58.6 Å². The molecule has 0 spiro atoms. The highest BCUT2D eigenvalue weighted by molar-refractivity contribution is 5.92. The minimum atomic E-state index is -0.888. The van der Waals surface area contributed by atoms with Gasteiger partial charge in [0.25, 0.3) is 11.8 Å². The van der Waals surface area contributed by atoms with E-state index in [4.69, 9.17) is 4.74 Å². The van der Waals surface area contributed by atoms with Crippen LogP contribution in [0.25, 0.3) is 0 Å². The summed E-state index contributed by atoms with van der Waals surface area (Å²) in [6, 6.07) is 9.94. The van der Waals surface area contributed by atoms with Gasteiger partial charge in [-0.2, -0.15) is 0 Å². The molecule has 27 heavy (non-hydrogen) atoms. The van der Waals surface area contributed by atoms with Gasteiger partial charge < -0.3 is 20.1 Å². The van der Waals surface area contributed by atoms with Gasteiger partial charge >= 0.3 is 0 Å². The number of likely N-dealkylation sites (tertiary alicyclic amines) is 1. The second-order valence-electron chi connectivity index (χ2n) is 6.24. The zero-order valence-electron chi connectivity index (χ0n) is 14.5. The molecule has 0 bridgehead atoms. The summed E-state index contributed by atoms with van der Waals surface area (Å²) >= 11 is 0. The minimum Gasteiger partial charge on any atom is -0.484 e. The number of amides is 2. The number of halogens is 1. The molecule has 0 aliphatic carbocycles. The number of rotatable bonds is 5. The van der Waals surface area contributed by atoms with E-state index in [-0.39, 0.29) is 24.9 Å². The number of piperidine rings is 1. The van der Waals surface area contributed by atoms with Gasteiger partial charge in [0.15, 0.2) is 6.61 Å². The highest BCUT2D eigenvalue weighted by Gasteiger charge is 2.31. The summed E-state index contributed by atoms with van der Waals surface area (Å²) in [6.07, 6.45) is 1.07. The first kappa shape index (κ1) is 18.8. The molecule has 3 rings (SSSR count). The summed E-state index contributed by atoms with van der Waals surface area (Å²) in [4.78, 5) is 29.9. The zero-order chi connectivity index (χ0) is 19.2. The third-order valence-electron chi connectivity index (χ3n) is 4.28. The number of carbonyl (C=O) groups is 2. The first-order valence-corrected chi connectivity index (χ1v) is 8.59. The van der Waals surface area contributed by atoms with Crippen LogP contribution < -0.4 is 10.1 Å². The molecule has 2 aromatic rings. The summed E-state index contributed by atoms with van der Waals surface area (Å²) in [6.45, 7) is 0.265. The standard InChI is InChI=1S/C19H20FN3O4/c20-13-4-6-14(7-5-13)27-12-18(25)22-15-8-10-23(11-17(15)24)19(26)16-3-1-2-9-21-16/h1-7,9,15,17,24H,8,10-12H2,(H,22,25)/t15-,17-/m1/s1. The molecule has 2 heterocycles. The Kier molecular flexibility index (Phi) is 5.97. The number of nitrogens with zero attached hydrogens (tertiary/aromatic N) is 2. The Bertz CT molecular complexity index is 785. The predicted octanol–water partition coefficient (Wildman–Crippen LogP) is 0.991. The summed E-state index contributed by atoms with van der Waals surface area (Å²) in [5.41, 5.74) is 0.319. The number of ether oxygens (including phenoxy) is 1. The highest BCUT2D eigenvalue weighted by atomic mass is 19.1. The van der Waals surface area contributed by atoms with Gasteiger partial charge in [0.05, 0.1) is 12.1 Å². The van der Waals surface area contributed by atoms with Gasteiger partial charge in [0.1, 0.15) is 17.3 Å². The molecule has 7 nitrogen and oxygen atoms in total. The van der Waals surface area contributed by atoms with Crippen molar-refractivity contribution in [2.75, 3.05) is 19.7 Å². The maximum atomic E-state index is 12.8. The fourth-order valence-corrected chi connectivity index (χ4v) is 2.86. The van der Waals surface area contributed by atoms with E-state index in [2.05, 4.69) is 10.3 Å².